The summed E-state index contributed by atoms with van der Waals surface area (Å²) in [6.07, 6.45) is 0.903. The molecule has 0 aromatic carbocycles. The van der Waals surface area contributed by atoms with Crippen LogP contribution in [0.3, 0.4) is 0 Å². The number of hydrogen-bond acceptors (Lipinski definition) is 4. The maximum Gasteiger partial charge on any atom is 0.259 e. The lowest BCUT2D eigenvalue weighted by Gasteiger charge is -1.97. The molecule has 15 heavy (non-hydrogen) atoms. The summed E-state index contributed by atoms with van der Waals surface area (Å²) in [5.41, 5.74) is 0. The third kappa shape index (κ3) is 2.24. The Kier molecular flexibility index (Phi) is 3.43. The Labute approximate surface area is 105 Å². The highest BCUT2D eigenvalue weighted by molar-refractivity contribution is 9.09. The first kappa shape index (κ1) is 11.1. The Morgan fingerprint density at radius 3 is 3.00 bits per heavy atom. The zero-order chi connectivity index (χ0) is 10.8. The van der Waals surface area contributed by atoms with E-state index in [2.05, 4.69) is 26.1 Å². The van der Waals surface area contributed by atoms with Crippen molar-refractivity contribution in [1.82, 2.24) is 10.2 Å². The van der Waals surface area contributed by atoms with Crippen molar-refractivity contribution < 1.29 is 4.42 Å². The van der Waals surface area contributed by atoms with E-state index in [0.717, 1.165) is 11.3 Å². The predicted octanol–water partition coefficient (Wildman–Crippen LogP) is 4.30. The smallest absolute Gasteiger partial charge is 0.259 e. The first-order valence-electron chi connectivity index (χ1n) is 4.43. The molecule has 2 aromatic rings. The third-order valence-corrected chi connectivity index (χ3v) is 4.25. The number of thiophene rings is 1. The van der Waals surface area contributed by atoms with Gasteiger partial charge < -0.3 is 4.42 Å². The number of halogens is 2. The fraction of sp³-hybridized carbons (Fsp3) is 0.333. The minimum Gasteiger partial charge on any atom is -0.419 e. The van der Waals surface area contributed by atoms with Crippen LogP contribution in [0, 0.1) is 0 Å². The molecule has 0 saturated heterocycles. The largest absolute Gasteiger partial charge is 0.419 e. The zero-order valence-corrected chi connectivity index (χ0v) is 11.1. The molecule has 0 saturated carbocycles. The molecule has 80 valence electrons. The minimum atomic E-state index is 0.109. The van der Waals surface area contributed by atoms with E-state index in [1.807, 2.05) is 18.4 Å². The van der Waals surface area contributed by atoms with Crippen molar-refractivity contribution in [3.63, 3.8) is 0 Å². The highest BCUT2D eigenvalue weighted by atomic mass is 79.9. The van der Waals surface area contributed by atoms with E-state index < -0.39 is 0 Å². The van der Waals surface area contributed by atoms with Gasteiger partial charge in [0.05, 0.1) is 9.85 Å². The summed E-state index contributed by atoms with van der Waals surface area (Å²) in [6, 6.07) is 1.82. The first-order chi connectivity index (χ1) is 7.22. The van der Waals surface area contributed by atoms with Crippen molar-refractivity contribution in [3.05, 3.63) is 22.4 Å². The van der Waals surface area contributed by atoms with E-state index in [9.17, 15) is 0 Å². The van der Waals surface area contributed by atoms with Crippen LogP contribution < -0.4 is 0 Å². The van der Waals surface area contributed by atoms with Crippen LogP contribution >= 0.6 is 38.9 Å². The summed E-state index contributed by atoms with van der Waals surface area (Å²) >= 11 is 10.9. The monoisotopic (exact) mass is 306 g/mol. The molecule has 0 amide bonds. The maximum atomic E-state index is 5.97. The molecule has 1 atom stereocenters. The fourth-order valence-electron chi connectivity index (χ4n) is 1.07. The van der Waals surface area contributed by atoms with Crippen LogP contribution in [0.1, 0.15) is 24.1 Å². The molecule has 0 aliphatic heterocycles. The number of alkyl halides is 1. The Morgan fingerprint density at radius 1 is 1.60 bits per heavy atom. The van der Waals surface area contributed by atoms with Crippen LogP contribution in [-0.4, -0.2) is 10.2 Å². The molecule has 2 aromatic heterocycles. The molecular formula is C9H8BrClN2OS. The van der Waals surface area contributed by atoms with Gasteiger partial charge in [0.1, 0.15) is 4.88 Å². The standard InChI is InChI=1S/C9H8BrClN2OS/c1-2-5(10)8-12-13-9(14-8)7-6(11)3-4-15-7/h3-5H,2H2,1H3. The minimum absolute atomic E-state index is 0.109. The number of nitrogens with zero attached hydrogens (tertiary/aromatic N) is 2. The van der Waals surface area contributed by atoms with Crippen molar-refractivity contribution in [2.24, 2.45) is 0 Å². The molecule has 0 N–H and O–H groups in total. The summed E-state index contributed by atoms with van der Waals surface area (Å²) in [4.78, 5) is 0.934. The van der Waals surface area contributed by atoms with Gasteiger partial charge in [-0.05, 0) is 17.9 Å². The highest BCUT2D eigenvalue weighted by Crippen LogP contribution is 2.34. The van der Waals surface area contributed by atoms with E-state index in [1.165, 1.54) is 11.3 Å². The lowest BCUT2D eigenvalue weighted by Crippen LogP contribution is -1.86. The number of hydrogen-bond donors (Lipinski definition) is 0. The third-order valence-electron chi connectivity index (χ3n) is 1.88. The van der Waals surface area contributed by atoms with Crippen molar-refractivity contribution in [3.8, 4) is 10.8 Å². The normalized spacial score (nSPS) is 13.0. The van der Waals surface area contributed by atoms with Crippen molar-refractivity contribution in [2.75, 3.05) is 0 Å². The van der Waals surface area contributed by atoms with E-state index in [0.29, 0.717) is 16.8 Å². The number of aromatic nitrogens is 2. The van der Waals surface area contributed by atoms with Gasteiger partial charge in [-0.3, -0.25) is 0 Å². The van der Waals surface area contributed by atoms with Crippen LogP contribution in [0.2, 0.25) is 5.02 Å². The maximum absolute atomic E-state index is 5.97. The van der Waals surface area contributed by atoms with Crippen LogP contribution in [-0.2, 0) is 0 Å². The van der Waals surface area contributed by atoms with Gasteiger partial charge in [0.15, 0.2) is 0 Å². The van der Waals surface area contributed by atoms with Crippen LogP contribution in [0.25, 0.3) is 10.8 Å². The number of rotatable bonds is 3. The summed E-state index contributed by atoms with van der Waals surface area (Å²) < 4.78 is 5.52. The van der Waals surface area contributed by atoms with Crippen LogP contribution in [0.4, 0.5) is 0 Å². The van der Waals surface area contributed by atoms with E-state index >= 15 is 0 Å². The molecule has 0 radical (unpaired) electrons. The summed E-state index contributed by atoms with van der Waals surface area (Å²) in [6.45, 7) is 2.04. The first-order valence-corrected chi connectivity index (χ1v) is 6.60. The SMILES string of the molecule is CCC(Br)c1nnc(-c2sccc2Cl)o1. The second-order valence-electron chi connectivity index (χ2n) is 2.92. The highest BCUT2D eigenvalue weighted by Gasteiger charge is 2.16. The van der Waals surface area contributed by atoms with Crippen molar-refractivity contribution in [1.29, 1.82) is 0 Å². The Hall–Kier alpha value is -0.390. The Morgan fingerprint density at radius 2 is 2.40 bits per heavy atom. The molecule has 0 spiro atoms. The van der Waals surface area contributed by atoms with Crippen molar-refractivity contribution >= 4 is 38.9 Å². The summed E-state index contributed by atoms with van der Waals surface area (Å²) in [7, 11) is 0. The topological polar surface area (TPSA) is 38.9 Å². The van der Waals surface area contributed by atoms with Gasteiger partial charge in [0.25, 0.3) is 5.89 Å². The zero-order valence-electron chi connectivity index (χ0n) is 7.91. The van der Waals surface area contributed by atoms with Gasteiger partial charge in [-0.2, -0.15) is 0 Å². The van der Waals surface area contributed by atoms with Gasteiger partial charge in [-0.25, -0.2) is 0 Å². The van der Waals surface area contributed by atoms with Gasteiger partial charge in [-0.1, -0.05) is 34.5 Å². The second-order valence-corrected chi connectivity index (χ2v) is 5.35. The van der Waals surface area contributed by atoms with Crippen LogP contribution in [0.5, 0.6) is 0 Å². The lowest BCUT2D eigenvalue weighted by atomic mass is 10.3. The second kappa shape index (κ2) is 4.63. The summed E-state index contributed by atoms with van der Waals surface area (Å²) in [5.74, 6) is 1.08. The lowest BCUT2D eigenvalue weighted by molar-refractivity contribution is 0.501. The summed E-state index contributed by atoms with van der Waals surface area (Å²) in [5, 5.41) is 10.5. The van der Waals surface area contributed by atoms with Gasteiger partial charge in [0.2, 0.25) is 5.89 Å². The fourth-order valence-corrected chi connectivity index (χ4v) is 2.32. The molecule has 0 aliphatic rings. The molecule has 0 aliphatic carbocycles. The molecule has 1 unspecified atom stereocenters. The molecule has 6 heteroatoms. The van der Waals surface area contributed by atoms with E-state index in [-0.39, 0.29) is 4.83 Å². The van der Waals surface area contributed by atoms with Crippen LogP contribution in [0.15, 0.2) is 15.9 Å². The van der Waals surface area contributed by atoms with E-state index in [1.54, 1.807) is 0 Å². The molecular weight excluding hydrogens is 300 g/mol. The Bertz CT molecular complexity index is 456. The average molecular weight is 308 g/mol. The van der Waals surface area contributed by atoms with Gasteiger partial charge in [-0.15, -0.1) is 21.5 Å². The van der Waals surface area contributed by atoms with Crippen molar-refractivity contribution in [2.45, 2.75) is 18.2 Å². The van der Waals surface area contributed by atoms with E-state index in [4.69, 9.17) is 16.0 Å². The Balaban J connectivity index is 2.32. The molecule has 3 nitrogen and oxygen atoms in total. The molecule has 0 bridgehead atoms. The molecule has 2 rings (SSSR count). The van der Waals surface area contributed by atoms with Gasteiger partial charge >= 0.3 is 0 Å². The average Bonchev–Trinajstić information content (AvgIpc) is 2.84. The van der Waals surface area contributed by atoms with Gasteiger partial charge in [0, 0.05) is 0 Å². The quantitative estimate of drug-likeness (QED) is 0.794. The molecule has 0 fully saturated rings. The molecule has 2 heterocycles. The predicted molar refractivity (Wildman–Crippen MR) is 64.6 cm³/mol.